The van der Waals surface area contributed by atoms with E-state index in [1.165, 1.54) is 20.3 Å². The summed E-state index contributed by atoms with van der Waals surface area (Å²) in [7, 11) is 1.72. The molecule has 0 spiro atoms. The lowest BCUT2D eigenvalue weighted by molar-refractivity contribution is 0.408. The predicted octanol–water partition coefficient (Wildman–Crippen LogP) is 5.09. The SMILES string of the molecule is COc1ccc(C)cc1C(C)Nc1ccc(C)c(I)c1. The maximum Gasteiger partial charge on any atom is 0.124 e. The number of hydrogen-bond donors (Lipinski definition) is 1. The van der Waals surface area contributed by atoms with E-state index in [0.717, 1.165) is 11.4 Å². The summed E-state index contributed by atoms with van der Waals surface area (Å²) < 4.78 is 6.73. The molecular weight excluding hydrogens is 361 g/mol. The zero-order chi connectivity index (χ0) is 14.7. The van der Waals surface area contributed by atoms with Crippen LogP contribution in [0.4, 0.5) is 5.69 Å². The molecule has 0 aliphatic carbocycles. The van der Waals surface area contributed by atoms with Crippen LogP contribution in [0.3, 0.4) is 0 Å². The van der Waals surface area contributed by atoms with E-state index < -0.39 is 0 Å². The third kappa shape index (κ3) is 3.45. The molecule has 0 radical (unpaired) electrons. The Hall–Kier alpha value is -1.23. The quantitative estimate of drug-likeness (QED) is 0.745. The van der Waals surface area contributed by atoms with Gasteiger partial charge in [0.25, 0.3) is 0 Å². The zero-order valence-corrected chi connectivity index (χ0v) is 14.5. The lowest BCUT2D eigenvalue weighted by Gasteiger charge is -2.19. The number of halogens is 1. The highest BCUT2D eigenvalue weighted by molar-refractivity contribution is 14.1. The van der Waals surface area contributed by atoms with E-state index in [2.05, 4.69) is 79.0 Å². The van der Waals surface area contributed by atoms with Crippen molar-refractivity contribution in [2.24, 2.45) is 0 Å². The minimum Gasteiger partial charge on any atom is -0.496 e. The van der Waals surface area contributed by atoms with Crippen LogP contribution < -0.4 is 10.1 Å². The Labute approximate surface area is 134 Å². The van der Waals surface area contributed by atoms with E-state index in [0.29, 0.717) is 0 Å². The van der Waals surface area contributed by atoms with Gasteiger partial charge in [-0.2, -0.15) is 0 Å². The number of rotatable bonds is 4. The first-order valence-corrected chi connectivity index (χ1v) is 7.76. The van der Waals surface area contributed by atoms with Gasteiger partial charge in [-0.1, -0.05) is 23.8 Å². The summed E-state index contributed by atoms with van der Waals surface area (Å²) in [6, 6.07) is 12.9. The number of hydrogen-bond acceptors (Lipinski definition) is 2. The van der Waals surface area contributed by atoms with Crippen molar-refractivity contribution in [3.8, 4) is 5.75 Å². The molecule has 0 saturated heterocycles. The highest BCUT2D eigenvalue weighted by Gasteiger charge is 2.12. The van der Waals surface area contributed by atoms with E-state index in [-0.39, 0.29) is 6.04 Å². The highest BCUT2D eigenvalue weighted by Crippen LogP contribution is 2.29. The highest BCUT2D eigenvalue weighted by atomic mass is 127. The third-order valence-electron chi connectivity index (χ3n) is 3.41. The molecule has 106 valence electrons. The van der Waals surface area contributed by atoms with Crippen molar-refractivity contribution in [3.05, 3.63) is 56.7 Å². The predicted molar refractivity (Wildman–Crippen MR) is 93.7 cm³/mol. The summed E-state index contributed by atoms with van der Waals surface area (Å²) in [5.74, 6) is 0.928. The van der Waals surface area contributed by atoms with Crippen LogP contribution in [-0.2, 0) is 0 Å². The molecule has 1 atom stereocenters. The van der Waals surface area contributed by atoms with Crippen molar-refractivity contribution in [1.82, 2.24) is 0 Å². The van der Waals surface area contributed by atoms with E-state index >= 15 is 0 Å². The lowest BCUT2D eigenvalue weighted by atomic mass is 10.0. The van der Waals surface area contributed by atoms with Crippen molar-refractivity contribution in [2.75, 3.05) is 12.4 Å². The summed E-state index contributed by atoms with van der Waals surface area (Å²) in [4.78, 5) is 0. The fourth-order valence-electron chi connectivity index (χ4n) is 2.20. The van der Waals surface area contributed by atoms with Gasteiger partial charge >= 0.3 is 0 Å². The number of benzene rings is 2. The van der Waals surface area contributed by atoms with Crippen LogP contribution >= 0.6 is 22.6 Å². The maximum absolute atomic E-state index is 5.46. The molecule has 2 aromatic carbocycles. The molecule has 0 aliphatic heterocycles. The Bertz CT molecular complexity index is 610. The Morgan fingerprint density at radius 2 is 1.85 bits per heavy atom. The molecule has 2 aromatic rings. The van der Waals surface area contributed by atoms with Gasteiger partial charge in [0.2, 0.25) is 0 Å². The average molecular weight is 381 g/mol. The van der Waals surface area contributed by atoms with Gasteiger partial charge in [0, 0.05) is 14.8 Å². The Morgan fingerprint density at radius 1 is 1.10 bits per heavy atom. The minimum atomic E-state index is 0.198. The number of methoxy groups -OCH3 is 1. The number of anilines is 1. The Morgan fingerprint density at radius 3 is 2.50 bits per heavy atom. The van der Waals surface area contributed by atoms with Gasteiger partial charge < -0.3 is 10.1 Å². The second kappa shape index (κ2) is 6.48. The Balaban J connectivity index is 2.25. The summed E-state index contributed by atoms with van der Waals surface area (Å²) >= 11 is 2.37. The molecule has 1 unspecified atom stereocenters. The maximum atomic E-state index is 5.46. The molecule has 20 heavy (non-hydrogen) atoms. The second-order valence-corrected chi connectivity index (χ2v) is 6.24. The first-order valence-electron chi connectivity index (χ1n) is 6.68. The monoisotopic (exact) mass is 381 g/mol. The molecule has 0 saturated carbocycles. The van der Waals surface area contributed by atoms with E-state index in [4.69, 9.17) is 4.74 Å². The number of nitrogens with one attached hydrogen (secondary N) is 1. The molecule has 1 N–H and O–H groups in total. The normalized spacial score (nSPS) is 12.1. The molecule has 0 heterocycles. The number of ether oxygens (including phenoxy) is 1. The smallest absolute Gasteiger partial charge is 0.124 e. The van der Waals surface area contributed by atoms with Crippen LogP contribution in [0, 0.1) is 17.4 Å². The van der Waals surface area contributed by atoms with Gasteiger partial charge in [-0.3, -0.25) is 0 Å². The number of aryl methyl sites for hydroxylation is 2. The molecule has 0 aliphatic rings. The van der Waals surface area contributed by atoms with Gasteiger partial charge in [-0.25, -0.2) is 0 Å². The van der Waals surface area contributed by atoms with Crippen LogP contribution in [0.2, 0.25) is 0 Å². The average Bonchev–Trinajstić information content (AvgIpc) is 2.43. The van der Waals surface area contributed by atoms with Crippen molar-refractivity contribution in [3.63, 3.8) is 0 Å². The minimum absolute atomic E-state index is 0.198. The van der Waals surface area contributed by atoms with E-state index in [1.54, 1.807) is 7.11 Å². The largest absolute Gasteiger partial charge is 0.496 e. The van der Waals surface area contributed by atoms with Gasteiger partial charge in [0.15, 0.2) is 0 Å². The lowest BCUT2D eigenvalue weighted by Crippen LogP contribution is -2.08. The van der Waals surface area contributed by atoms with Crippen LogP contribution in [0.15, 0.2) is 36.4 Å². The molecule has 2 nitrogen and oxygen atoms in total. The van der Waals surface area contributed by atoms with Crippen LogP contribution in [-0.4, -0.2) is 7.11 Å². The summed E-state index contributed by atoms with van der Waals surface area (Å²) in [6.07, 6.45) is 0. The van der Waals surface area contributed by atoms with Gasteiger partial charge in [-0.05, 0) is 67.1 Å². The van der Waals surface area contributed by atoms with Crippen molar-refractivity contribution < 1.29 is 4.74 Å². The van der Waals surface area contributed by atoms with Crippen molar-refractivity contribution in [2.45, 2.75) is 26.8 Å². The van der Waals surface area contributed by atoms with E-state index in [9.17, 15) is 0 Å². The van der Waals surface area contributed by atoms with Crippen LogP contribution in [0.25, 0.3) is 0 Å². The molecular formula is C17H20INO. The molecule has 3 heteroatoms. The van der Waals surface area contributed by atoms with Gasteiger partial charge in [0.1, 0.15) is 5.75 Å². The molecule has 0 fully saturated rings. The van der Waals surface area contributed by atoms with Crippen molar-refractivity contribution >= 4 is 28.3 Å². The Kier molecular flexibility index (Phi) is 4.91. The molecule has 0 aromatic heterocycles. The van der Waals surface area contributed by atoms with Crippen LogP contribution in [0.1, 0.15) is 29.7 Å². The second-order valence-electron chi connectivity index (χ2n) is 5.08. The molecule has 0 bridgehead atoms. The first-order chi connectivity index (χ1) is 9.51. The fraction of sp³-hybridized carbons (Fsp3) is 0.294. The van der Waals surface area contributed by atoms with Gasteiger partial charge in [-0.15, -0.1) is 0 Å². The zero-order valence-electron chi connectivity index (χ0n) is 12.3. The van der Waals surface area contributed by atoms with Crippen molar-refractivity contribution in [1.29, 1.82) is 0 Å². The van der Waals surface area contributed by atoms with Gasteiger partial charge in [0.05, 0.1) is 13.2 Å². The summed E-state index contributed by atoms with van der Waals surface area (Å²) in [5, 5.41) is 3.54. The van der Waals surface area contributed by atoms with E-state index in [1.807, 2.05) is 6.07 Å². The topological polar surface area (TPSA) is 21.3 Å². The summed E-state index contributed by atoms with van der Waals surface area (Å²) in [6.45, 7) is 6.38. The standard InChI is InChI=1S/C17H20INO/c1-11-5-8-17(20-4)15(9-11)13(3)19-14-7-6-12(2)16(18)10-14/h5-10,13,19H,1-4H3. The molecule has 2 rings (SSSR count). The fourth-order valence-corrected chi connectivity index (χ4v) is 2.72. The van der Waals surface area contributed by atoms with Crippen LogP contribution in [0.5, 0.6) is 5.75 Å². The first kappa shape index (κ1) is 15.2. The summed E-state index contributed by atoms with van der Waals surface area (Å²) in [5.41, 5.74) is 4.86. The molecule has 0 amide bonds. The third-order valence-corrected chi connectivity index (χ3v) is 4.57.